The first kappa shape index (κ1) is 16.1. The number of carbonyl (C=O) groups excluding carboxylic acids is 2. The molecule has 0 radical (unpaired) electrons. The Balaban J connectivity index is 1.49. The second-order valence-corrected chi connectivity index (χ2v) is 7.42. The van der Waals surface area contributed by atoms with Crippen molar-refractivity contribution in [1.82, 2.24) is 10.3 Å². The number of thiazole rings is 1. The average Bonchev–Trinajstić information content (AvgIpc) is 3.22. The highest BCUT2D eigenvalue weighted by molar-refractivity contribution is 8.01. The molecule has 1 aliphatic carbocycles. The number of thioether (sulfide) groups is 1. The number of amides is 1. The molecule has 1 aliphatic rings. The van der Waals surface area contributed by atoms with Crippen LogP contribution in [0.1, 0.15) is 28.9 Å². The first-order valence-corrected chi connectivity index (χ1v) is 9.12. The molecule has 1 heterocycles. The van der Waals surface area contributed by atoms with Crippen LogP contribution in [-0.4, -0.2) is 28.5 Å². The molecule has 0 aliphatic heterocycles. The van der Waals surface area contributed by atoms with Crippen molar-refractivity contribution in [3.05, 3.63) is 46.7 Å². The second-order valence-electron chi connectivity index (χ2n) is 5.34. The molecule has 4 nitrogen and oxygen atoms in total. The van der Waals surface area contributed by atoms with Crippen LogP contribution < -0.4 is 5.32 Å². The number of aromatic nitrogens is 1. The van der Waals surface area contributed by atoms with Gasteiger partial charge in [-0.25, -0.2) is 9.37 Å². The van der Waals surface area contributed by atoms with Gasteiger partial charge in [0.25, 0.3) is 0 Å². The number of Topliss-reactive ketones (excluding diaryl/α,β-unsaturated/α-hetero) is 1. The highest BCUT2D eigenvalue weighted by Crippen LogP contribution is 2.24. The van der Waals surface area contributed by atoms with E-state index >= 15 is 0 Å². The lowest BCUT2D eigenvalue weighted by Crippen LogP contribution is -2.27. The van der Waals surface area contributed by atoms with Gasteiger partial charge in [-0.3, -0.25) is 9.59 Å². The van der Waals surface area contributed by atoms with Gasteiger partial charge in [0.05, 0.1) is 17.9 Å². The van der Waals surface area contributed by atoms with Gasteiger partial charge in [-0.05, 0) is 37.1 Å². The fraction of sp³-hybridized carbons (Fsp3) is 0.312. The summed E-state index contributed by atoms with van der Waals surface area (Å²) < 4.78 is 13.6. The van der Waals surface area contributed by atoms with Crippen LogP contribution in [-0.2, 0) is 11.2 Å². The minimum absolute atomic E-state index is 0.00302. The zero-order valence-electron chi connectivity index (χ0n) is 12.3. The molecule has 0 spiro atoms. The number of ketones is 1. The van der Waals surface area contributed by atoms with Crippen LogP contribution in [0.2, 0.25) is 0 Å². The van der Waals surface area contributed by atoms with Gasteiger partial charge in [0.15, 0.2) is 10.1 Å². The Hall–Kier alpha value is -1.73. The van der Waals surface area contributed by atoms with Gasteiger partial charge >= 0.3 is 0 Å². The van der Waals surface area contributed by atoms with Crippen molar-refractivity contribution in [3.63, 3.8) is 0 Å². The maximum atomic E-state index is 12.8. The van der Waals surface area contributed by atoms with Crippen LogP contribution in [0, 0.1) is 5.82 Å². The summed E-state index contributed by atoms with van der Waals surface area (Å²) in [4.78, 5) is 28.1. The molecule has 0 bridgehead atoms. The van der Waals surface area contributed by atoms with E-state index in [1.807, 2.05) is 5.38 Å². The maximum absolute atomic E-state index is 12.8. The Morgan fingerprint density at radius 2 is 2.04 bits per heavy atom. The molecule has 1 aromatic heterocycles. The molecule has 1 fully saturated rings. The van der Waals surface area contributed by atoms with Gasteiger partial charge in [0.1, 0.15) is 5.82 Å². The molecular weight excluding hydrogens is 335 g/mol. The van der Waals surface area contributed by atoms with E-state index in [1.165, 1.54) is 47.4 Å². The largest absolute Gasteiger partial charge is 0.353 e. The third-order valence-corrected chi connectivity index (χ3v) is 5.38. The van der Waals surface area contributed by atoms with Gasteiger partial charge in [0, 0.05) is 17.0 Å². The molecule has 1 N–H and O–H groups in total. The van der Waals surface area contributed by atoms with Gasteiger partial charge < -0.3 is 5.32 Å². The minimum Gasteiger partial charge on any atom is -0.353 e. The molecule has 1 amide bonds. The fourth-order valence-corrected chi connectivity index (χ4v) is 3.69. The van der Waals surface area contributed by atoms with Crippen molar-refractivity contribution < 1.29 is 14.0 Å². The molecule has 23 heavy (non-hydrogen) atoms. The summed E-state index contributed by atoms with van der Waals surface area (Å²) in [6.45, 7) is 0. The van der Waals surface area contributed by atoms with Crippen molar-refractivity contribution in [2.45, 2.75) is 29.6 Å². The monoisotopic (exact) mass is 350 g/mol. The Bertz CT molecular complexity index is 711. The fourth-order valence-electron chi connectivity index (χ4n) is 1.95. The van der Waals surface area contributed by atoms with E-state index in [4.69, 9.17) is 0 Å². The SMILES string of the molecule is O=C(Cc1csc(SCC(=O)c2ccc(F)cc2)n1)NC1CC1. The smallest absolute Gasteiger partial charge is 0.226 e. The standard InChI is InChI=1S/C16H15FN2O2S2/c17-11-3-1-10(2-4-11)14(20)9-23-16-19-13(8-22-16)7-15(21)18-12-5-6-12/h1-4,8,12H,5-7,9H2,(H,18,21). The molecule has 1 saturated carbocycles. The summed E-state index contributed by atoms with van der Waals surface area (Å²) in [5, 5.41) is 4.77. The van der Waals surface area contributed by atoms with Gasteiger partial charge in [0.2, 0.25) is 5.91 Å². The Labute approximate surface area is 141 Å². The van der Waals surface area contributed by atoms with Crippen LogP contribution in [0.4, 0.5) is 4.39 Å². The van der Waals surface area contributed by atoms with E-state index in [0.717, 1.165) is 22.9 Å². The van der Waals surface area contributed by atoms with E-state index in [0.29, 0.717) is 11.6 Å². The van der Waals surface area contributed by atoms with Crippen molar-refractivity contribution in [2.24, 2.45) is 0 Å². The number of carbonyl (C=O) groups is 2. The zero-order chi connectivity index (χ0) is 16.2. The predicted molar refractivity (Wildman–Crippen MR) is 88.4 cm³/mol. The number of halogens is 1. The van der Waals surface area contributed by atoms with Crippen LogP contribution in [0.15, 0.2) is 34.0 Å². The molecule has 0 atom stereocenters. The predicted octanol–water partition coefficient (Wildman–Crippen LogP) is 3.08. The number of benzene rings is 1. The normalized spacial score (nSPS) is 13.8. The van der Waals surface area contributed by atoms with E-state index in [9.17, 15) is 14.0 Å². The third kappa shape index (κ3) is 4.87. The first-order chi connectivity index (χ1) is 11.1. The van der Waals surface area contributed by atoms with Gasteiger partial charge in [-0.1, -0.05) is 11.8 Å². The lowest BCUT2D eigenvalue weighted by Gasteiger charge is -2.00. The average molecular weight is 350 g/mol. The van der Waals surface area contributed by atoms with Gasteiger partial charge in [-0.15, -0.1) is 11.3 Å². The lowest BCUT2D eigenvalue weighted by molar-refractivity contribution is -0.120. The van der Waals surface area contributed by atoms with E-state index in [2.05, 4.69) is 10.3 Å². The van der Waals surface area contributed by atoms with Crippen molar-refractivity contribution in [1.29, 1.82) is 0 Å². The summed E-state index contributed by atoms with van der Waals surface area (Å²) in [6.07, 6.45) is 2.41. The van der Waals surface area contributed by atoms with Crippen molar-refractivity contribution in [3.8, 4) is 0 Å². The highest BCUT2D eigenvalue weighted by atomic mass is 32.2. The van der Waals surface area contributed by atoms with Crippen LogP contribution >= 0.6 is 23.1 Å². The Morgan fingerprint density at radius 1 is 1.30 bits per heavy atom. The second kappa shape index (κ2) is 7.23. The summed E-state index contributed by atoms with van der Waals surface area (Å²) >= 11 is 2.76. The summed E-state index contributed by atoms with van der Waals surface area (Å²) in [6, 6.07) is 5.86. The van der Waals surface area contributed by atoms with Crippen molar-refractivity contribution in [2.75, 3.05) is 5.75 Å². The summed E-state index contributed by atoms with van der Waals surface area (Å²) in [5.74, 6) is -0.189. The topological polar surface area (TPSA) is 59.1 Å². The molecular formula is C16H15FN2O2S2. The number of nitrogens with zero attached hydrogens (tertiary/aromatic N) is 1. The number of hydrogen-bond acceptors (Lipinski definition) is 5. The number of rotatable bonds is 7. The number of nitrogens with one attached hydrogen (secondary N) is 1. The molecule has 1 aromatic carbocycles. The minimum atomic E-state index is -0.358. The molecule has 120 valence electrons. The molecule has 7 heteroatoms. The first-order valence-electron chi connectivity index (χ1n) is 7.25. The van der Waals surface area contributed by atoms with Gasteiger partial charge in [-0.2, -0.15) is 0 Å². The summed E-state index contributed by atoms with van der Waals surface area (Å²) in [7, 11) is 0. The third-order valence-electron chi connectivity index (χ3n) is 3.31. The lowest BCUT2D eigenvalue weighted by atomic mass is 10.1. The summed E-state index contributed by atoms with van der Waals surface area (Å²) in [5.41, 5.74) is 1.21. The van der Waals surface area contributed by atoms with Crippen molar-refractivity contribution >= 4 is 34.8 Å². The quantitative estimate of drug-likeness (QED) is 0.616. The molecule has 3 rings (SSSR count). The highest BCUT2D eigenvalue weighted by Gasteiger charge is 2.23. The Morgan fingerprint density at radius 3 is 2.74 bits per heavy atom. The van der Waals surface area contributed by atoms with Crippen LogP contribution in [0.25, 0.3) is 0 Å². The van der Waals surface area contributed by atoms with E-state index in [-0.39, 0.29) is 29.7 Å². The Kier molecular flexibility index (Phi) is 5.07. The van der Waals surface area contributed by atoms with Crippen LogP contribution in [0.5, 0.6) is 0 Å². The number of hydrogen-bond donors (Lipinski definition) is 1. The maximum Gasteiger partial charge on any atom is 0.226 e. The van der Waals surface area contributed by atoms with E-state index in [1.54, 1.807) is 0 Å². The van der Waals surface area contributed by atoms with E-state index < -0.39 is 0 Å². The molecule has 2 aromatic rings. The van der Waals surface area contributed by atoms with Crippen LogP contribution in [0.3, 0.4) is 0 Å². The zero-order valence-corrected chi connectivity index (χ0v) is 13.9. The molecule has 0 unspecified atom stereocenters. The molecule has 0 saturated heterocycles.